The normalized spacial score (nSPS) is 16.1. The SMILES string of the molecule is Cn1ncnc1NC(=O)C1(c2ccc(N)cc2)CC1. The third kappa shape index (κ3) is 1.95. The van der Waals surface area contributed by atoms with Crippen molar-refractivity contribution in [3.05, 3.63) is 36.2 Å². The molecule has 1 saturated carbocycles. The number of carbonyl (C=O) groups excluding carboxylic acids is 1. The third-order valence-electron chi connectivity index (χ3n) is 3.58. The van der Waals surface area contributed by atoms with Crippen molar-refractivity contribution in [2.75, 3.05) is 11.1 Å². The number of nitrogen functional groups attached to an aromatic ring is 1. The highest BCUT2D eigenvalue weighted by molar-refractivity contribution is 6.00. The van der Waals surface area contributed by atoms with Crippen molar-refractivity contribution in [2.45, 2.75) is 18.3 Å². The molecule has 1 aromatic heterocycles. The van der Waals surface area contributed by atoms with Crippen LogP contribution in [0, 0.1) is 0 Å². The molecule has 0 unspecified atom stereocenters. The van der Waals surface area contributed by atoms with Crippen LogP contribution in [0.1, 0.15) is 18.4 Å². The van der Waals surface area contributed by atoms with Crippen LogP contribution in [0.25, 0.3) is 0 Å². The van der Waals surface area contributed by atoms with Gasteiger partial charge in [-0.25, -0.2) is 4.68 Å². The summed E-state index contributed by atoms with van der Waals surface area (Å²) < 4.78 is 1.54. The molecule has 0 bridgehead atoms. The van der Waals surface area contributed by atoms with Crippen molar-refractivity contribution in [2.24, 2.45) is 7.05 Å². The predicted octanol–water partition coefficient (Wildman–Crippen LogP) is 1.07. The van der Waals surface area contributed by atoms with Crippen LogP contribution in [0.5, 0.6) is 0 Å². The van der Waals surface area contributed by atoms with Crippen molar-refractivity contribution in [1.82, 2.24) is 14.8 Å². The first-order valence-corrected chi connectivity index (χ1v) is 6.13. The maximum absolute atomic E-state index is 12.4. The van der Waals surface area contributed by atoms with E-state index < -0.39 is 5.41 Å². The van der Waals surface area contributed by atoms with E-state index in [1.165, 1.54) is 11.0 Å². The number of anilines is 2. The summed E-state index contributed by atoms with van der Waals surface area (Å²) in [6.45, 7) is 0. The molecule has 19 heavy (non-hydrogen) atoms. The number of benzene rings is 1. The predicted molar refractivity (Wildman–Crippen MR) is 71.4 cm³/mol. The van der Waals surface area contributed by atoms with Crippen LogP contribution in [0.4, 0.5) is 11.6 Å². The lowest BCUT2D eigenvalue weighted by Crippen LogP contribution is -2.29. The standard InChI is InChI=1S/C13H15N5O/c1-18-12(15-8-16-18)17-11(19)13(6-7-13)9-2-4-10(14)5-3-9/h2-5,8H,6-7,14H2,1H3,(H,15,16,17,19). The van der Waals surface area contributed by atoms with E-state index in [-0.39, 0.29) is 5.91 Å². The maximum Gasteiger partial charge on any atom is 0.237 e. The van der Waals surface area contributed by atoms with Crippen molar-refractivity contribution in [1.29, 1.82) is 0 Å². The summed E-state index contributed by atoms with van der Waals surface area (Å²) in [5, 5.41) is 6.76. The lowest BCUT2D eigenvalue weighted by Gasteiger charge is -2.15. The van der Waals surface area contributed by atoms with E-state index >= 15 is 0 Å². The molecular weight excluding hydrogens is 242 g/mol. The first kappa shape index (κ1) is 11.7. The molecule has 2 aromatic rings. The van der Waals surface area contributed by atoms with Gasteiger partial charge in [-0.2, -0.15) is 10.1 Å². The van der Waals surface area contributed by atoms with Crippen molar-refractivity contribution >= 4 is 17.5 Å². The second kappa shape index (κ2) is 4.08. The number of nitrogens with one attached hydrogen (secondary N) is 1. The van der Waals surface area contributed by atoms with Gasteiger partial charge < -0.3 is 5.73 Å². The van der Waals surface area contributed by atoms with Gasteiger partial charge in [0.15, 0.2) is 0 Å². The molecule has 1 heterocycles. The number of aryl methyl sites for hydroxylation is 1. The summed E-state index contributed by atoms with van der Waals surface area (Å²) in [4.78, 5) is 16.4. The van der Waals surface area contributed by atoms with Crippen molar-refractivity contribution in [3.63, 3.8) is 0 Å². The Morgan fingerprint density at radius 1 is 1.37 bits per heavy atom. The highest BCUT2D eigenvalue weighted by atomic mass is 16.2. The second-order valence-corrected chi connectivity index (χ2v) is 4.87. The molecule has 0 spiro atoms. The second-order valence-electron chi connectivity index (χ2n) is 4.87. The molecule has 1 amide bonds. The van der Waals surface area contributed by atoms with Crippen LogP contribution in [-0.2, 0) is 17.3 Å². The highest BCUT2D eigenvalue weighted by Crippen LogP contribution is 2.49. The molecule has 1 aliphatic carbocycles. The number of nitrogens with zero attached hydrogens (tertiary/aromatic N) is 3. The van der Waals surface area contributed by atoms with Gasteiger partial charge in [0.1, 0.15) is 6.33 Å². The summed E-state index contributed by atoms with van der Waals surface area (Å²) in [7, 11) is 1.74. The van der Waals surface area contributed by atoms with E-state index in [0.717, 1.165) is 18.4 Å². The molecule has 1 fully saturated rings. The maximum atomic E-state index is 12.4. The molecule has 1 aliphatic rings. The fourth-order valence-corrected chi connectivity index (χ4v) is 2.20. The summed E-state index contributed by atoms with van der Waals surface area (Å²) in [6.07, 6.45) is 3.11. The van der Waals surface area contributed by atoms with E-state index in [4.69, 9.17) is 5.73 Å². The topological polar surface area (TPSA) is 85.8 Å². The lowest BCUT2D eigenvalue weighted by atomic mass is 9.95. The molecule has 98 valence electrons. The van der Waals surface area contributed by atoms with E-state index in [1.54, 1.807) is 7.05 Å². The number of amides is 1. The van der Waals surface area contributed by atoms with E-state index in [2.05, 4.69) is 15.4 Å². The Hall–Kier alpha value is -2.37. The first-order valence-electron chi connectivity index (χ1n) is 6.13. The molecule has 0 radical (unpaired) electrons. The van der Waals surface area contributed by atoms with Gasteiger partial charge in [0, 0.05) is 12.7 Å². The van der Waals surface area contributed by atoms with Crippen LogP contribution in [-0.4, -0.2) is 20.7 Å². The van der Waals surface area contributed by atoms with E-state index in [9.17, 15) is 4.79 Å². The molecule has 6 nitrogen and oxygen atoms in total. The number of carbonyl (C=O) groups is 1. The monoisotopic (exact) mass is 257 g/mol. The quantitative estimate of drug-likeness (QED) is 0.805. The van der Waals surface area contributed by atoms with Gasteiger partial charge >= 0.3 is 0 Å². The Balaban J connectivity index is 1.83. The van der Waals surface area contributed by atoms with Crippen LogP contribution in [0.15, 0.2) is 30.6 Å². The number of rotatable bonds is 3. The Kier molecular flexibility index (Phi) is 2.51. The van der Waals surface area contributed by atoms with Crippen molar-refractivity contribution < 1.29 is 4.79 Å². The average molecular weight is 257 g/mol. The molecule has 0 aliphatic heterocycles. The summed E-state index contributed by atoms with van der Waals surface area (Å²) >= 11 is 0. The summed E-state index contributed by atoms with van der Waals surface area (Å²) in [5.74, 6) is 0.431. The highest BCUT2D eigenvalue weighted by Gasteiger charge is 2.51. The fraction of sp³-hybridized carbons (Fsp3) is 0.308. The molecule has 0 saturated heterocycles. The molecule has 3 N–H and O–H groups in total. The molecule has 3 rings (SSSR count). The molecule has 6 heteroatoms. The molecule has 0 atom stereocenters. The minimum Gasteiger partial charge on any atom is -0.399 e. The largest absolute Gasteiger partial charge is 0.399 e. The summed E-state index contributed by atoms with van der Waals surface area (Å²) in [5.41, 5.74) is 6.95. The van der Waals surface area contributed by atoms with Gasteiger partial charge in [-0.05, 0) is 30.5 Å². The molecular formula is C13H15N5O. The van der Waals surface area contributed by atoms with Crippen LogP contribution in [0.2, 0.25) is 0 Å². The molecule has 1 aromatic carbocycles. The fourth-order valence-electron chi connectivity index (χ4n) is 2.20. The minimum absolute atomic E-state index is 0.0339. The minimum atomic E-state index is -0.431. The smallest absolute Gasteiger partial charge is 0.237 e. The summed E-state index contributed by atoms with van der Waals surface area (Å²) in [6, 6.07) is 7.48. The zero-order chi connectivity index (χ0) is 13.5. The van der Waals surface area contributed by atoms with Gasteiger partial charge in [-0.3, -0.25) is 10.1 Å². The van der Waals surface area contributed by atoms with Crippen LogP contribution in [0.3, 0.4) is 0 Å². The Morgan fingerprint density at radius 2 is 2.05 bits per heavy atom. The van der Waals surface area contributed by atoms with Crippen molar-refractivity contribution in [3.8, 4) is 0 Å². The van der Waals surface area contributed by atoms with E-state index in [0.29, 0.717) is 11.6 Å². The number of nitrogens with two attached hydrogens (primary N) is 1. The Morgan fingerprint density at radius 3 is 2.58 bits per heavy atom. The Labute approximate surface area is 110 Å². The first-order chi connectivity index (χ1) is 9.12. The van der Waals surface area contributed by atoms with E-state index in [1.807, 2.05) is 24.3 Å². The zero-order valence-corrected chi connectivity index (χ0v) is 10.6. The average Bonchev–Trinajstić information content (AvgIpc) is 3.11. The lowest BCUT2D eigenvalue weighted by molar-refractivity contribution is -0.118. The third-order valence-corrected chi connectivity index (χ3v) is 3.58. The van der Waals surface area contributed by atoms with Gasteiger partial charge in [-0.1, -0.05) is 12.1 Å². The zero-order valence-electron chi connectivity index (χ0n) is 10.6. The number of hydrogen-bond donors (Lipinski definition) is 2. The number of hydrogen-bond acceptors (Lipinski definition) is 4. The Bertz CT molecular complexity index is 612. The van der Waals surface area contributed by atoms with Gasteiger partial charge in [0.25, 0.3) is 0 Å². The van der Waals surface area contributed by atoms with Gasteiger partial charge in [-0.15, -0.1) is 0 Å². The number of aromatic nitrogens is 3. The van der Waals surface area contributed by atoms with Crippen LogP contribution < -0.4 is 11.1 Å². The van der Waals surface area contributed by atoms with Crippen LogP contribution >= 0.6 is 0 Å². The van der Waals surface area contributed by atoms with Gasteiger partial charge in [0.2, 0.25) is 11.9 Å². The van der Waals surface area contributed by atoms with Gasteiger partial charge in [0.05, 0.1) is 5.41 Å².